The van der Waals surface area contributed by atoms with E-state index in [0.29, 0.717) is 0 Å². The van der Waals surface area contributed by atoms with Crippen molar-refractivity contribution in [1.82, 2.24) is 10.2 Å². The highest BCUT2D eigenvalue weighted by molar-refractivity contribution is 7.92. The van der Waals surface area contributed by atoms with Gasteiger partial charge in [0, 0.05) is 12.6 Å². The first kappa shape index (κ1) is 30.6. The Morgan fingerprint density at radius 3 is 2.10 bits per heavy atom. The summed E-state index contributed by atoms with van der Waals surface area (Å²) in [5.74, 6) is -0.754. The van der Waals surface area contributed by atoms with Crippen LogP contribution in [0, 0.1) is 13.8 Å². The molecule has 1 fully saturated rings. The van der Waals surface area contributed by atoms with Gasteiger partial charge in [0.2, 0.25) is 11.8 Å². The van der Waals surface area contributed by atoms with Gasteiger partial charge >= 0.3 is 0 Å². The Kier molecular flexibility index (Phi) is 10.1. The molecule has 9 heteroatoms. The summed E-state index contributed by atoms with van der Waals surface area (Å²) in [7, 11) is -4.17. The molecule has 0 unspecified atom stereocenters. The molecule has 0 spiro atoms. The summed E-state index contributed by atoms with van der Waals surface area (Å²) < 4.78 is 28.9. The van der Waals surface area contributed by atoms with E-state index in [1.165, 1.54) is 17.0 Å². The molecule has 1 atom stereocenters. The van der Waals surface area contributed by atoms with Gasteiger partial charge in [-0.15, -0.1) is 0 Å². The van der Waals surface area contributed by atoms with Gasteiger partial charge in [0.15, 0.2) is 0 Å². The third-order valence-corrected chi connectivity index (χ3v) is 9.69. The van der Waals surface area contributed by atoms with Crippen LogP contribution in [-0.2, 0) is 26.2 Å². The van der Waals surface area contributed by atoms with Crippen LogP contribution < -0.4 is 9.62 Å². The number of nitrogens with zero attached hydrogens (tertiary/aromatic N) is 2. The molecule has 0 aliphatic heterocycles. The highest BCUT2D eigenvalue weighted by atomic mass is 35.5. The Morgan fingerprint density at radius 2 is 1.49 bits per heavy atom. The second-order valence-electron chi connectivity index (χ2n) is 10.8. The maximum Gasteiger partial charge on any atom is 0.264 e. The van der Waals surface area contributed by atoms with Crippen molar-refractivity contribution in [2.24, 2.45) is 0 Å². The largest absolute Gasteiger partial charge is 0.352 e. The number of aryl methyl sites for hydroxylation is 2. The lowest BCUT2D eigenvalue weighted by Crippen LogP contribution is -2.53. The first-order valence-electron chi connectivity index (χ1n) is 14.1. The second kappa shape index (κ2) is 13.5. The molecule has 3 aromatic rings. The summed E-state index contributed by atoms with van der Waals surface area (Å²) in [6, 6.07) is 20.0. The molecule has 218 valence electrons. The number of amides is 2. The Morgan fingerprint density at radius 1 is 0.902 bits per heavy atom. The molecule has 0 bridgehead atoms. The molecule has 0 saturated heterocycles. The maximum absolute atomic E-state index is 14.1. The van der Waals surface area contributed by atoms with Crippen LogP contribution in [0.1, 0.15) is 55.7 Å². The van der Waals surface area contributed by atoms with Gasteiger partial charge in [-0.2, -0.15) is 0 Å². The highest BCUT2D eigenvalue weighted by Gasteiger charge is 2.34. The van der Waals surface area contributed by atoms with Crippen LogP contribution in [0.2, 0.25) is 5.02 Å². The van der Waals surface area contributed by atoms with E-state index < -0.39 is 28.5 Å². The summed E-state index contributed by atoms with van der Waals surface area (Å²) >= 11 is 6.47. The molecular weight excluding hydrogens is 558 g/mol. The molecule has 41 heavy (non-hydrogen) atoms. The predicted molar refractivity (Wildman–Crippen MR) is 163 cm³/mol. The molecule has 3 aromatic carbocycles. The molecule has 0 radical (unpaired) electrons. The first-order chi connectivity index (χ1) is 19.6. The number of rotatable bonds is 10. The predicted octanol–water partition coefficient (Wildman–Crippen LogP) is 6.02. The molecule has 1 aliphatic rings. The van der Waals surface area contributed by atoms with E-state index >= 15 is 0 Å². The molecule has 1 saturated carbocycles. The standard InChI is InChI=1S/C32H38ClN3O4S/c1-23-13-17-26(18-14-23)21-35(25(3)32(38)34-27-9-5-4-6-10-27)31(37)22-36(30-12-8-7-11-29(30)33)41(39,40)28-19-15-24(2)16-20-28/h7-8,11-20,25,27H,4-6,9-10,21-22H2,1-3H3,(H,34,38)/t25-/m0/s1. The Balaban J connectivity index is 1.68. The van der Waals surface area contributed by atoms with Crippen molar-refractivity contribution < 1.29 is 18.0 Å². The van der Waals surface area contributed by atoms with E-state index in [1.807, 2.05) is 38.1 Å². The lowest BCUT2D eigenvalue weighted by Gasteiger charge is -2.33. The fourth-order valence-electron chi connectivity index (χ4n) is 5.05. The summed E-state index contributed by atoms with van der Waals surface area (Å²) in [6.07, 6.45) is 5.12. The zero-order chi connectivity index (χ0) is 29.6. The lowest BCUT2D eigenvalue weighted by atomic mass is 9.95. The zero-order valence-electron chi connectivity index (χ0n) is 23.8. The fraction of sp³-hybridized carbons (Fsp3) is 0.375. The third kappa shape index (κ3) is 7.68. The van der Waals surface area contributed by atoms with E-state index in [9.17, 15) is 18.0 Å². The minimum absolute atomic E-state index is 0.0454. The van der Waals surface area contributed by atoms with Crippen LogP contribution >= 0.6 is 11.6 Å². The van der Waals surface area contributed by atoms with Crippen LogP contribution in [0.3, 0.4) is 0 Å². The van der Waals surface area contributed by atoms with Crippen molar-refractivity contribution >= 4 is 39.1 Å². The van der Waals surface area contributed by atoms with Crippen LogP contribution in [0.25, 0.3) is 0 Å². The van der Waals surface area contributed by atoms with Crippen molar-refractivity contribution in [2.45, 2.75) is 76.4 Å². The van der Waals surface area contributed by atoms with Crippen LogP contribution in [0.5, 0.6) is 0 Å². The van der Waals surface area contributed by atoms with E-state index in [0.717, 1.165) is 53.1 Å². The molecule has 4 rings (SSSR count). The topological polar surface area (TPSA) is 86.8 Å². The molecule has 1 aliphatic carbocycles. The number of carbonyl (C=O) groups is 2. The molecular formula is C32H38ClN3O4S. The number of sulfonamides is 1. The molecule has 0 aromatic heterocycles. The summed E-state index contributed by atoms with van der Waals surface area (Å²) in [6.45, 7) is 5.17. The molecule has 2 amide bonds. The van der Waals surface area contributed by atoms with Gasteiger partial charge in [-0.05, 0) is 63.4 Å². The van der Waals surface area contributed by atoms with Crippen molar-refractivity contribution in [3.8, 4) is 0 Å². The Hall–Kier alpha value is -3.36. The number of hydrogen-bond donors (Lipinski definition) is 1. The first-order valence-corrected chi connectivity index (χ1v) is 15.9. The number of nitrogens with one attached hydrogen (secondary N) is 1. The minimum atomic E-state index is -4.17. The summed E-state index contributed by atoms with van der Waals surface area (Å²) in [5.41, 5.74) is 3.01. The smallest absolute Gasteiger partial charge is 0.264 e. The van der Waals surface area contributed by atoms with Crippen LogP contribution in [-0.4, -0.2) is 43.8 Å². The normalized spacial score (nSPS) is 14.7. The van der Waals surface area contributed by atoms with E-state index in [-0.39, 0.29) is 34.1 Å². The Labute approximate surface area is 248 Å². The highest BCUT2D eigenvalue weighted by Crippen LogP contribution is 2.31. The van der Waals surface area contributed by atoms with E-state index in [2.05, 4.69) is 5.32 Å². The Bertz CT molecular complexity index is 1450. The number of hydrogen-bond acceptors (Lipinski definition) is 4. The average molecular weight is 596 g/mol. The molecule has 0 heterocycles. The van der Waals surface area contributed by atoms with Crippen LogP contribution in [0.15, 0.2) is 77.7 Å². The van der Waals surface area contributed by atoms with Gasteiger partial charge in [0.05, 0.1) is 15.6 Å². The van der Waals surface area contributed by atoms with Gasteiger partial charge in [0.1, 0.15) is 12.6 Å². The van der Waals surface area contributed by atoms with Crippen molar-refractivity contribution in [3.63, 3.8) is 0 Å². The van der Waals surface area contributed by atoms with Gasteiger partial charge < -0.3 is 10.2 Å². The third-order valence-electron chi connectivity index (χ3n) is 7.60. The number of carbonyl (C=O) groups excluding carboxylic acids is 2. The number of benzene rings is 3. The molecule has 7 nitrogen and oxygen atoms in total. The number of para-hydroxylation sites is 1. The second-order valence-corrected chi connectivity index (χ2v) is 13.1. The van der Waals surface area contributed by atoms with Gasteiger partial charge in [-0.25, -0.2) is 8.42 Å². The number of anilines is 1. The summed E-state index contributed by atoms with van der Waals surface area (Å²) in [5, 5.41) is 3.32. The van der Waals surface area contributed by atoms with Gasteiger partial charge in [-0.3, -0.25) is 13.9 Å². The SMILES string of the molecule is Cc1ccc(CN(C(=O)CN(c2ccccc2Cl)S(=O)(=O)c2ccc(C)cc2)[C@@H](C)C(=O)NC2CCCCC2)cc1. The monoisotopic (exact) mass is 595 g/mol. The van der Waals surface area contributed by atoms with Crippen molar-refractivity contribution in [3.05, 3.63) is 94.5 Å². The van der Waals surface area contributed by atoms with Crippen molar-refractivity contribution in [1.29, 1.82) is 0 Å². The quantitative estimate of drug-likeness (QED) is 0.311. The molecule has 1 N–H and O–H groups in total. The van der Waals surface area contributed by atoms with Gasteiger partial charge in [-0.1, -0.05) is 90.5 Å². The number of halogens is 1. The lowest BCUT2D eigenvalue weighted by molar-refractivity contribution is -0.139. The van der Waals surface area contributed by atoms with E-state index in [4.69, 9.17) is 11.6 Å². The fourth-order valence-corrected chi connectivity index (χ4v) is 6.77. The van der Waals surface area contributed by atoms with Gasteiger partial charge in [0.25, 0.3) is 10.0 Å². The maximum atomic E-state index is 14.1. The average Bonchev–Trinajstić information content (AvgIpc) is 2.96. The summed E-state index contributed by atoms with van der Waals surface area (Å²) in [4.78, 5) is 29.0. The zero-order valence-corrected chi connectivity index (χ0v) is 25.4. The minimum Gasteiger partial charge on any atom is -0.352 e. The van der Waals surface area contributed by atoms with E-state index in [1.54, 1.807) is 43.3 Å². The van der Waals surface area contributed by atoms with Crippen molar-refractivity contribution in [2.75, 3.05) is 10.8 Å². The van der Waals surface area contributed by atoms with Crippen LogP contribution in [0.4, 0.5) is 5.69 Å².